The molecule has 0 aliphatic carbocycles. The summed E-state index contributed by atoms with van der Waals surface area (Å²) in [7, 11) is 0. The molecule has 7 heteroatoms. The molecule has 1 saturated heterocycles. The van der Waals surface area contributed by atoms with E-state index in [9.17, 15) is 10.2 Å². The average Bonchev–Trinajstić information content (AvgIpc) is 3.02. The Morgan fingerprint density at radius 3 is 2.38 bits per heavy atom. The number of nitrogens with zero attached hydrogens (tertiary/aromatic N) is 2. The molecule has 136 valence electrons. The summed E-state index contributed by atoms with van der Waals surface area (Å²) in [6, 6.07) is 13.4. The largest absolute Gasteiger partial charge is 0.378 e. The van der Waals surface area contributed by atoms with Crippen LogP contribution in [0.15, 0.2) is 46.9 Å². The van der Waals surface area contributed by atoms with Gasteiger partial charge >= 0.3 is 0 Å². The number of anilines is 1. The lowest BCUT2D eigenvalue weighted by atomic mass is 10.2. The number of hydrogen-bond acceptors (Lipinski definition) is 4. The van der Waals surface area contributed by atoms with Crippen molar-refractivity contribution < 1.29 is 14.9 Å². The topological polar surface area (TPSA) is 57.9 Å². The van der Waals surface area contributed by atoms with Crippen molar-refractivity contribution in [3.8, 4) is 5.69 Å². The zero-order valence-electron chi connectivity index (χ0n) is 13.9. The van der Waals surface area contributed by atoms with Crippen LogP contribution < -0.4 is 4.90 Å². The van der Waals surface area contributed by atoms with Crippen molar-refractivity contribution in [3.05, 3.63) is 57.7 Å². The van der Waals surface area contributed by atoms with E-state index >= 15 is 0 Å². The lowest BCUT2D eigenvalue weighted by Gasteiger charge is -2.30. The van der Waals surface area contributed by atoms with Gasteiger partial charge in [0.05, 0.1) is 29.4 Å². The molecular weight excluding hydrogens is 420 g/mol. The second-order valence-electron chi connectivity index (χ2n) is 6.13. The molecule has 0 radical (unpaired) electrons. The van der Waals surface area contributed by atoms with E-state index in [1.807, 2.05) is 47.0 Å². The van der Waals surface area contributed by atoms with Crippen LogP contribution in [0.5, 0.6) is 0 Å². The summed E-state index contributed by atoms with van der Waals surface area (Å²) >= 11 is 9.96. The zero-order valence-corrected chi connectivity index (χ0v) is 16.2. The Morgan fingerprint density at radius 1 is 1.04 bits per heavy atom. The number of fused-ring (bicyclic) bond motifs is 1. The van der Waals surface area contributed by atoms with Crippen LogP contribution in [-0.4, -0.2) is 41.1 Å². The van der Waals surface area contributed by atoms with Crippen molar-refractivity contribution in [1.82, 2.24) is 4.57 Å². The van der Waals surface area contributed by atoms with Crippen molar-refractivity contribution in [2.75, 3.05) is 31.2 Å². The predicted molar refractivity (Wildman–Crippen MR) is 106 cm³/mol. The Labute approximate surface area is 164 Å². The van der Waals surface area contributed by atoms with E-state index in [1.165, 1.54) is 0 Å². The Kier molecular flexibility index (Phi) is 4.94. The van der Waals surface area contributed by atoms with Crippen LogP contribution in [0.1, 0.15) is 12.0 Å². The van der Waals surface area contributed by atoms with Gasteiger partial charge in [0.2, 0.25) is 0 Å². The summed E-state index contributed by atoms with van der Waals surface area (Å²) in [5.74, 6) is 0. The number of aromatic nitrogens is 1. The van der Waals surface area contributed by atoms with Gasteiger partial charge in [-0.3, -0.25) is 0 Å². The molecule has 1 aliphatic rings. The van der Waals surface area contributed by atoms with Gasteiger partial charge in [-0.05, 0) is 40.2 Å². The summed E-state index contributed by atoms with van der Waals surface area (Å²) < 4.78 is 8.09. The quantitative estimate of drug-likeness (QED) is 0.611. The minimum Gasteiger partial charge on any atom is -0.378 e. The van der Waals surface area contributed by atoms with Crippen molar-refractivity contribution in [3.63, 3.8) is 0 Å². The maximum Gasteiger partial charge on any atom is 0.196 e. The molecule has 0 atom stereocenters. The summed E-state index contributed by atoms with van der Waals surface area (Å²) in [5.41, 5.74) is 2.92. The maximum absolute atomic E-state index is 10.3. The number of rotatable bonds is 3. The Hall–Kier alpha value is -1.57. The van der Waals surface area contributed by atoms with Gasteiger partial charge in [-0.2, -0.15) is 0 Å². The third-order valence-electron chi connectivity index (χ3n) is 4.62. The molecule has 2 aromatic carbocycles. The fraction of sp³-hybridized carbons (Fsp3) is 0.263. The van der Waals surface area contributed by atoms with Crippen molar-refractivity contribution in [2.45, 2.75) is 6.29 Å². The molecule has 3 aromatic rings. The minimum absolute atomic E-state index is 0.427. The van der Waals surface area contributed by atoms with E-state index in [1.54, 1.807) is 0 Å². The minimum atomic E-state index is -1.63. The number of hydrogen-bond donors (Lipinski definition) is 2. The highest BCUT2D eigenvalue weighted by Gasteiger charge is 2.29. The van der Waals surface area contributed by atoms with Gasteiger partial charge in [-0.15, -0.1) is 0 Å². The molecule has 2 heterocycles. The normalized spacial score (nSPS) is 15.2. The van der Waals surface area contributed by atoms with Gasteiger partial charge < -0.3 is 24.4 Å². The van der Waals surface area contributed by atoms with E-state index in [0.717, 1.165) is 26.8 Å². The van der Waals surface area contributed by atoms with E-state index in [2.05, 4.69) is 20.8 Å². The van der Waals surface area contributed by atoms with Gasteiger partial charge in [0.1, 0.15) is 5.69 Å². The van der Waals surface area contributed by atoms with E-state index in [0.29, 0.717) is 37.0 Å². The van der Waals surface area contributed by atoms with Crippen LogP contribution in [-0.2, 0) is 4.74 Å². The molecule has 4 rings (SSSR count). The molecule has 0 spiro atoms. The smallest absolute Gasteiger partial charge is 0.196 e. The number of ether oxygens (including phenoxy) is 1. The molecule has 0 unspecified atom stereocenters. The van der Waals surface area contributed by atoms with E-state index < -0.39 is 6.29 Å². The monoisotopic (exact) mass is 436 g/mol. The fourth-order valence-corrected chi connectivity index (χ4v) is 4.20. The molecule has 1 aromatic heterocycles. The predicted octanol–water partition coefficient (Wildman–Crippen LogP) is 3.87. The van der Waals surface area contributed by atoms with E-state index in [4.69, 9.17) is 16.3 Å². The highest BCUT2D eigenvalue weighted by molar-refractivity contribution is 9.10. The van der Waals surface area contributed by atoms with Crippen LogP contribution in [0.3, 0.4) is 0 Å². The fourth-order valence-electron chi connectivity index (χ4n) is 3.52. The van der Waals surface area contributed by atoms with E-state index in [-0.39, 0.29) is 0 Å². The third-order valence-corrected chi connectivity index (χ3v) is 5.99. The Bertz CT molecular complexity index is 937. The lowest BCUT2D eigenvalue weighted by molar-refractivity contribution is -0.0464. The number of halogens is 2. The standard InChI is InChI=1S/C19H18BrClN2O3/c20-16-13(21)6-7-14-15(16)17(22-8-10-26-11-9-22)18(19(24)25)23(14)12-4-2-1-3-5-12/h1-7,19,24-25H,8-11H2. The molecular formula is C19H18BrClN2O3. The highest BCUT2D eigenvalue weighted by atomic mass is 79.9. The van der Waals surface area contributed by atoms with Crippen LogP contribution >= 0.6 is 27.5 Å². The van der Waals surface area contributed by atoms with Crippen molar-refractivity contribution in [2.24, 2.45) is 0 Å². The van der Waals surface area contributed by atoms with Crippen LogP contribution in [0.25, 0.3) is 16.6 Å². The first-order valence-electron chi connectivity index (χ1n) is 8.36. The molecule has 26 heavy (non-hydrogen) atoms. The van der Waals surface area contributed by atoms with Gasteiger partial charge in [-0.1, -0.05) is 29.8 Å². The number of benzene rings is 2. The van der Waals surface area contributed by atoms with Gasteiger partial charge in [0, 0.05) is 28.6 Å². The molecule has 0 bridgehead atoms. The van der Waals surface area contributed by atoms with Gasteiger partial charge in [-0.25, -0.2) is 0 Å². The van der Waals surface area contributed by atoms with Crippen molar-refractivity contribution >= 4 is 44.1 Å². The first-order valence-corrected chi connectivity index (χ1v) is 9.53. The molecule has 5 nitrogen and oxygen atoms in total. The van der Waals surface area contributed by atoms with Gasteiger partial charge in [0.25, 0.3) is 0 Å². The number of aliphatic hydroxyl groups is 2. The molecule has 1 fully saturated rings. The van der Waals surface area contributed by atoms with Crippen LogP contribution in [0.4, 0.5) is 5.69 Å². The first-order chi connectivity index (χ1) is 12.6. The Balaban J connectivity index is 2.10. The van der Waals surface area contributed by atoms with Crippen LogP contribution in [0.2, 0.25) is 5.02 Å². The molecule has 2 N–H and O–H groups in total. The summed E-state index contributed by atoms with van der Waals surface area (Å²) in [4.78, 5) is 2.13. The lowest BCUT2D eigenvalue weighted by Crippen LogP contribution is -2.37. The summed E-state index contributed by atoms with van der Waals surface area (Å²) in [6.07, 6.45) is -1.63. The van der Waals surface area contributed by atoms with Crippen LogP contribution in [0, 0.1) is 0 Å². The molecule has 0 saturated carbocycles. The SMILES string of the molecule is OC(O)c1c(N2CCOCC2)c2c(Br)c(Cl)ccc2n1-c1ccccc1. The molecule has 1 aliphatic heterocycles. The highest BCUT2D eigenvalue weighted by Crippen LogP contribution is 2.44. The average molecular weight is 438 g/mol. The van der Waals surface area contributed by atoms with Crippen molar-refractivity contribution in [1.29, 1.82) is 0 Å². The second-order valence-corrected chi connectivity index (χ2v) is 7.33. The third kappa shape index (κ3) is 2.92. The number of morpholine rings is 1. The molecule has 0 amide bonds. The number of para-hydroxylation sites is 1. The zero-order chi connectivity index (χ0) is 18.3. The maximum atomic E-state index is 10.3. The van der Waals surface area contributed by atoms with Gasteiger partial charge in [0.15, 0.2) is 6.29 Å². The summed E-state index contributed by atoms with van der Waals surface area (Å²) in [6.45, 7) is 2.54. The number of aliphatic hydroxyl groups excluding tert-OH is 1. The second kappa shape index (κ2) is 7.21. The Morgan fingerprint density at radius 2 is 1.73 bits per heavy atom. The summed E-state index contributed by atoms with van der Waals surface area (Å²) in [5, 5.41) is 22.0. The first kappa shape index (κ1) is 17.8.